The molecule has 2 atom stereocenters. The Bertz CT molecular complexity index is 400. The highest BCUT2D eigenvalue weighted by atomic mass is 32.2. The third kappa shape index (κ3) is 4.44. The van der Waals surface area contributed by atoms with E-state index >= 15 is 0 Å². The van der Waals surface area contributed by atoms with E-state index < -0.39 is 0 Å². The molecule has 1 aliphatic heterocycles. The van der Waals surface area contributed by atoms with Gasteiger partial charge < -0.3 is 5.32 Å². The lowest BCUT2D eigenvalue weighted by Crippen LogP contribution is -2.42. The minimum atomic E-state index is 0.614. The zero-order chi connectivity index (χ0) is 13.7. The van der Waals surface area contributed by atoms with Gasteiger partial charge in [-0.2, -0.15) is 23.5 Å². The molecule has 0 aromatic heterocycles. The molecular formula is C16H25NS2. The predicted molar refractivity (Wildman–Crippen MR) is 90.7 cm³/mol. The molecule has 0 spiro atoms. The summed E-state index contributed by atoms with van der Waals surface area (Å²) in [5.74, 6) is 3.93. The molecule has 0 radical (unpaired) electrons. The van der Waals surface area contributed by atoms with Crippen LogP contribution in [0.1, 0.15) is 23.6 Å². The summed E-state index contributed by atoms with van der Waals surface area (Å²) in [7, 11) is 0. The maximum Gasteiger partial charge on any atom is 0.0295 e. The lowest BCUT2D eigenvalue weighted by atomic mass is 9.97. The Kier molecular flexibility index (Phi) is 6.11. The number of hydrogen-bond donors (Lipinski definition) is 1. The average molecular weight is 296 g/mol. The van der Waals surface area contributed by atoms with Gasteiger partial charge in [0.15, 0.2) is 0 Å². The molecule has 1 nitrogen and oxygen atoms in total. The maximum atomic E-state index is 3.71. The quantitative estimate of drug-likeness (QED) is 0.890. The number of benzene rings is 1. The van der Waals surface area contributed by atoms with Gasteiger partial charge in [-0.1, -0.05) is 30.7 Å². The molecule has 1 saturated heterocycles. The van der Waals surface area contributed by atoms with Crippen LogP contribution in [0.5, 0.6) is 0 Å². The molecule has 0 amide bonds. The first-order valence-electron chi connectivity index (χ1n) is 7.19. The fourth-order valence-electron chi connectivity index (χ4n) is 2.59. The van der Waals surface area contributed by atoms with Crippen LogP contribution in [0.4, 0.5) is 0 Å². The third-order valence-corrected chi connectivity index (χ3v) is 6.62. The molecule has 0 aliphatic carbocycles. The smallest absolute Gasteiger partial charge is 0.0295 e. The van der Waals surface area contributed by atoms with Crippen LogP contribution in [0, 0.1) is 13.8 Å². The average Bonchev–Trinajstić information content (AvgIpc) is 2.43. The molecule has 1 heterocycles. The van der Waals surface area contributed by atoms with Crippen molar-refractivity contribution in [3.8, 4) is 0 Å². The van der Waals surface area contributed by atoms with Gasteiger partial charge in [-0.3, -0.25) is 0 Å². The second-order valence-corrected chi connectivity index (χ2v) is 7.78. The zero-order valence-electron chi connectivity index (χ0n) is 12.2. The Morgan fingerprint density at radius 2 is 2.16 bits per heavy atom. The second-order valence-electron chi connectivity index (χ2n) is 5.28. The van der Waals surface area contributed by atoms with E-state index in [0.29, 0.717) is 6.04 Å². The molecule has 1 aromatic carbocycles. The van der Waals surface area contributed by atoms with E-state index in [9.17, 15) is 0 Å². The first-order chi connectivity index (χ1) is 9.20. The number of rotatable bonds is 5. The normalized spacial score (nSPS) is 21.3. The van der Waals surface area contributed by atoms with Gasteiger partial charge in [-0.15, -0.1) is 0 Å². The molecule has 1 N–H and O–H groups in total. The first-order valence-corrected chi connectivity index (χ1v) is 9.40. The van der Waals surface area contributed by atoms with Crippen molar-refractivity contribution in [1.82, 2.24) is 5.32 Å². The van der Waals surface area contributed by atoms with Crippen molar-refractivity contribution in [2.45, 2.75) is 38.5 Å². The molecule has 106 valence electrons. The molecule has 1 aliphatic rings. The van der Waals surface area contributed by atoms with Gasteiger partial charge in [0.1, 0.15) is 0 Å². The largest absolute Gasteiger partial charge is 0.313 e. The Morgan fingerprint density at radius 1 is 1.32 bits per heavy atom. The SMILES string of the molecule is CCNC(Cc1cc(C)ccc1C)C1CSCCS1. The van der Waals surface area contributed by atoms with Crippen molar-refractivity contribution < 1.29 is 0 Å². The van der Waals surface area contributed by atoms with E-state index in [2.05, 4.69) is 67.8 Å². The summed E-state index contributed by atoms with van der Waals surface area (Å²) < 4.78 is 0. The highest BCUT2D eigenvalue weighted by Gasteiger charge is 2.24. The minimum absolute atomic E-state index is 0.614. The fraction of sp³-hybridized carbons (Fsp3) is 0.625. The summed E-state index contributed by atoms with van der Waals surface area (Å²) in [6, 6.07) is 7.45. The second kappa shape index (κ2) is 7.61. The zero-order valence-corrected chi connectivity index (χ0v) is 13.9. The van der Waals surface area contributed by atoms with E-state index in [1.54, 1.807) is 0 Å². The molecule has 3 heteroatoms. The number of nitrogens with one attached hydrogen (secondary N) is 1. The molecule has 19 heavy (non-hydrogen) atoms. The lowest BCUT2D eigenvalue weighted by molar-refractivity contribution is 0.521. The molecule has 1 fully saturated rings. The van der Waals surface area contributed by atoms with Gasteiger partial charge in [0.2, 0.25) is 0 Å². The highest BCUT2D eigenvalue weighted by Crippen LogP contribution is 2.28. The molecule has 0 bridgehead atoms. The highest BCUT2D eigenvalue weighted by molar-refractivity contribution is 8.06. The summed E-state index contributed by atoms with van der Waals surface area (Å²) in [5.41, 5.74) is 4.32. The van der Waals surface area contributed by atoms with E-state index in [0.717, 1.165) is 11.8 Å². The third-order valence-electron chi connectivity index (χ3n) is 3.70. The van der Waals surface area contributed by atoms with Crippen molar-refractivity contribution in [3.63, 3.8) is 0 Å². The fourth-order valence-corrected chi connectivity index (χ4v) is 5.48. The van der Waals surface area contributed by atoms with E-state index in [1.807, 2.05) is 0 Å². The van der Waals surface area contributed by atoms with Crippen LogP contribution >= 0.6 is 23.5 Å². The summed E-state index contributed by atoms with van der Waals surface area (Å²) in [4.78, 5) is 0. The Morgan fingerprint density at radius 3 is 2.84 bits per heavy atom. The van der Waals surface area contributed by atoms with Crippen molar-refractivity contribution in [1.29, 1.82) is 0 Å². The summed E-state index contributed by atoms with van der Waals surface area (Å²) >= 11 is 4.27. The number of likely N-dealkylation sites (N-methyl/N-ethyl adjacent to an activating group) is 1. The van der Waals surface area contributed by atoms with Gasteiger partial charge in [-0.05, 0) is 37.9 Å². The first kappa shape index (κ1) is 15.3. The van der Waals surface area contributed by atoms with Crippen molar-refractivity contribution in [2.24, 2.45) is 0 Å². The minimum Gasteiger partial charge on any atom is -0.313 e. The van der Waals surface area contributed by atoms with Gasteiger partial charge in [0, 0.05) is 28.6 Å². The van der Waals surface area contributed by atoms with Crippen LogP contribution in [0.3, 0.4) is 0 Å². The number of thioether (sulfide) groups is 2. The van der Waals surface area contributed by atoms with Crippen molar-refractivity contribution >= 4 is 23.5 Å². The predicted octanol–water partition coefficient (Wildman–Crippen LogP) is 3.67. The van der Waals surface area contributed by atoms with E-state index in [4.69, 9.17) is 0 Å². The molecule has 1 aromatic rings. The Labute approximate surface area is 126 Å². The van der Waals surface area contributed by atoms with Gasteiger partial charge in [0.25, 0.3) is 0 Å². The van der Waals surface area contributed by atoms with E-state index in [1.165, 1.54) is 40.4 Å². The Hall–Kier alpha value is -0.120. The number of aryl methyl sites for hydroxylation is 2. The van der Waals surface area contributed by atoms with Crippen LogP contribution in [0.25, 0.3) is 0 Å². The maximum absolute atomic E-state index is 3.71. The standard InChI is InChI=1S/C16H25NS2/c1-4-17-15(16-11-18-7-8-19-16)10-14-9-12(2)5-6-13(14)3/h5-6,9,15-17H,4,7-8,10-11H2,1-3H3. The lowest BCUT2D eigenvalue weighted by Gasteiger charge is -2.30. The molecule has 2 rings (SSSR count). The number of hydrogen-bond acceptors (Lipinski definition) is 3. The van der Waals surface area contributed by atoms with Crippen LogP contribution < -0.4 is 5.32 Å². The topological polar surface area (TPSA) is 12.0 Å². The van der Waals surface area contributed by atoms with Crippen molar-refractivity contribution in [2.75, 3.05) is 23.8 Å². The van der Waals surface area contributed by atoms with Crippen LogP contribution in [0.2, 0.25) is 0 Å². The van der Waals surface area contributed by atoms with Crippen LogP contribution in [0.15, 0.2) is 18.2 Å². The van der Waals surface area contributed by atoms with Gasteiger partial charge in [0.05, 0.1) is 0 Å². The summed E-state index contributed by atoms with van der Waals surface area (Å²) in [6.07, 6.45) is 1.17. The van der Waals surface area contributed by atoms with Crippen molar-refractivity contribution in [3.05, 3.63) is 34.9 Å². The molecule has 0 saturated carbocycles. The Balaban J connectivity index is 2.08. The van der Waals surface area contributed by atoms with Gasteiger partial charge >= 0.3 is 0 Å². The van der Waals surface area contributed by atoms with Crippen LogP contribution in [-0.4, -0.2) is 35.1 Å². The summed E-state index contributed by atoms with van der Waals surface area (Å²) in [5, 5.41) is 4.48. The van der Waals surface area contributed by atoms with Crippen LogP contribution in [-0.2, 0) is 6.42 Å². The monoisotopic (exact) mass is 295 g/mol. The summed E-state index contributed by atoms with van der Waals surface area (Å²) in [6.45, 7) is 7.71. The molecule has 2 unspecified atom stereocenters. The van der Waals surface area contributed by atoms with E-state index in [-0.39, 0.29) is 0 Å². The molecular weight excluding hydrogens is 270 g/mol. The van der Waals surface area contributed by atoms with Gasteiger partial charge in [-0.25, -0.2) is 0 Å².